The Hall–Kier alpha value is -3.65. The zero-order valence-electron chi connectivity index (χ0n) is 15.2. The summed E-state index contributed by atoms with van der Waals surface area (Å²) in [5, 5.41) is 0.374. The highest BCUT2D eigenvalue weighted by Crippen LogP contribution is 2.10. The summed E-state index contributed by atoms with van der Waals surface area (Å²) in [6, 6.07) is 16.6. The second-order valence-corrected chi connectivity index (χ2v) is 6.59. The Balaban J connectivity index is 1.68. The highest BCUT2D eigenvalue weighted by atomic mass is 35.5. The van der Waals surface area contributed by atoms with Gasteiger partial charge in [0.25, 0.3) is 17.4 Å². The molecule has 1 aromatic heterocycles. The minimum Gasteiger partial charge on any atom is -0.296 e. The van der Waals surface area contributed by atoms with Gasteiger partial charge in [-0.25, -0.2) is 4.79 Å². The van der Waals surface area contributed by atoms with E-state index in [0.717, 1.165) is 10.1 Å². The Labute approximate surface area is 170 Å². The molecular weight excluding hydrogens is 396 g/mol. The monoisotopic (exact) mass is 412 g/mol. The number of nitrogens with one attached hydrogen (secondary N) is 2. The van der Waals surface area contributed by atoms with Crippen molar-refractivity contribution in [3.63, 3.8) is 0 Å². The standard InChI is InChI=1S/C20H17ClN4O4/c21-16-8-4-7-15(11-16)19(28)23-22-17(26)13-25-18(27)9-10-24(20(25)29)12-14-5-2-1-3-6-14/h1-11H,12-13H2,(H,22,26)(H,23,28). The SMILES string of the molecule is O=C(Cn1c(=O)ccn(Cc2ccccc2)c1=O)NNC(=O)c1cccc(Cl)c1. The molecule has 1 heterocycles. The summed E-state index contributed by atoms with van der Waals surface area (Å²) >= 11 is 5.82. The van der Waals surface area contributed by atoms with Crippen molar-refractivity contribution in [3.8, 4) is 0 Å². The van der Waals surface area contributed by atoms with Crippen LogP contribution in [0.1, 0.15) is 15.9 Å². The van der Waals surface area contributed by atoms with Crippen LogP contribution in [-0.2, 0) is 17.9 Å². The molecule has 148 valence electrons. The van der Waals surface area contributed by atoms with E-state index in [-0.39, 0.29) is 12.1 Å². The zero-order chi connectivity index (χ0) is 20.8. The normalized spacial score (nSPS) is 10.4. The molecule has 0 aliphatic heterocycles. The van der Waals surface area contributed by atoms with Gasteiger partial charge in [0.2, 0.25) is 0 Å². The quantitative estimate of drug-likeness (QED) is 0.614. The number of carbonyl (C=O) groups is 2. The van der Waals surface area contributed by atoms with Gasteiger partial charge in [-0.2, -0.15) is 0 Å². The van der Waals surface area contributed by atoms with Crippen LogP contribution < -0.4 is 22.1 Å². The van der Waals surface area contributed by atoms with Gasteiger partial charge in [-0.1, -0.05) is 48.0 Å². The molecule has 0 spiro atoms. The smallest absolute Gasteiger partial charge is 0.296 e. The van der Waals surface area contributed by atoms with Crippen LogP contribution in [-0.4, -0.2) is 20.9 Å². The van der Waals surface area contributed by atoms with Gasteiger partial charge in [0.15, 0.2) is 0 Å². The average molecular weight is 413 g/mol. The molecule has 0 aliphatic rings. The van der Waals surface area contributed by atoms with Crippen molar-refractivity contribution in [2.75, 3.05) is 0 Å². The predicted molar refractivity (Wildman–Crippen MR) is 108 cm³/mol. The van der Waals surface area contributed by atoms with Crippen molar-refractivity contribution in [1.29, 1.82) is 0 Å². The van der Waals surface area contributed by atoms with E-state index in [0.29, 0.717) is 5.02 Å². The maximum atomic E-state index is 12.6. The zero-order valence-corrected chi connectivity index (χ0v) is 15.9. The molecule has 2 aromatic carbocycles. The third-order valence-electron chi connectivity index (χ3n) is 4.04. The summed E-state index contributed by atoms with van der Waals surface area (Å²) in [7, 11) is 0. The van der Waals surface area contributed by atoms with Gasteiger partial charge < -0.3 is 0 Å². The van der Waals surface area contributed by atoms with Crippen LogP contribution in [0.2, 0.25) is 5.02 Å². The first kappa shape index (κ1) is 20.1. The van der Waals surface area contributed by atoms with E-state index >= 15 is 0 Å². The molecule has 0 bridgehead atoms. The summed E-state index contributed by atoms with van der Waals surface area (Å²) in [5.41, 5.74) is 4.28. The third-order valence-corrected chi connectivity index (χ3v) is 4.27. The largest absolute Gasteiger partial charge is 0.331 e. The van der Waals surface area contributed by atoms with E-state index in [2.05, 4.69) is 10.9 Å². The number of rotatable bonds is 5. The van der Waals surface area contributed by atoms with Crippen molar-refractivity contribution < 1.29 is 9.59 Å². The summed E-state index contributed by atoms with van der Waals surface area (Å²) < 4.78 is 2.12. The van der Waals surface area contributed by atoms with E-state index in [1.54, 1.807) is 12.1 Å². The lowest BCUT2D eigenvalue weighted by molar-refractivity contribution is -0.122. The lowest BCUT2D eigenvalue weighted by Gasteiger charge is -2.11. The Morgan fingerprint density at radius 3 is 2.41 bits per heavy atom. The summed E-state index contributed by atoms with van der Waals surface area (Å²) in [6.45, 7) is -0.282. The molecule has 29 heavy (non-hydrogen) atoms. The van der Waals surface area contributed by atoms with Gasteiger partial charge >= 0.3 is 5.69 Å². The second kappa shape index (κ2) is 9.03. The molecule has 2 amide bonds. The number of amides is 2. The summed E-state index contributed by atoms with van der Waals surface area (Å²) in [5.74, 6) is -1.31. The van der Waals surface area contributed by atoms with E-state index in [4.69, 9.17) is 11.6 Å². The van der Waals surface area contributed by atoms with Gasteiger partial charge in [-0.15, -0.1) is 0 Å². The van der Waals surface area contributed by atoms with Crippen molar-refractivity contribution in [1.82, 2.24) is 20.0 Å². The van der Waals surface area contributed by atoms with E-state index in [1.165, 1.54) is 29.0 Å². The first-order valence-corrected chi connectivity index (χ1v) is 9.01. The number of aromatic nitrogens is 2. The molecule has 3 aromatic rings. The fourth-order valence-corrected chi connectivity index (χ4v) is 2.80. The molecule has 0 atom stereocenters. The molecule has 2 N–H and O–H groups in total. The summed E-state index contributed by atoms with van der Waals surface area (Å²) in [4.78, 5) is 48.8. The predicted octanol–water partition coefficient (Wildman–Crippen LogP) is 1.17. The topological polar surface area (TPSA) is 102 Å². The van der Waals surface area contributed by atoms with E-state index < -0.39 is 29.6 Å². The van der Waals surface area contributed by atoms with Crippen molar-refractivity contribution in [2.24, 2.45) is 0 Å². The Morgan fingerprint density at radius 2 is 1.69 bits per heavy atom. The highest BCUT2D eigenvalue weighted by Gasteiger charge is 2.12. The van der Waals surface area contributed by atoms with Crippen LogP contribution in [0.4, 0.5) is 0 Å². The van der Waals surface area contributed by atoms with Crippen LogP contribution in [0.15, 0.2) is 76.4 Å². The van der Waals surface area contributed by atoms with Crippen LogP contribution in [0, 0.1) is 0 Å². The molecule has 0 fully saturated rings. The molecule has 8 nitrogen and oxygen atoms in total. The number of hydrogen-bond acceptors (Lipinski definition) is 4. The first-order valence-electron chi connectivity index (χ1n) is 8.63. The minimum absolute atomic E-state index is 0.250. The summed E-state index contributed by atoms with van der Waals surface area (Å²) in [6.07, 6.45) is 1.38. The van der Waals surface area contributed by atoms with Crippen molar-refractivity contribution >= 4 is 23.4 Å². The van der Waals surface area contributed by atoms with Crippen LogP contribution in [0.25, 0.3) is 0 Å². The van der Waals surface area contributed by atoms with Crippen molar-refractivity contribution in [3.05, 3.63) is 104 Å². The lowest BCUT2D eigenvalue weighted by atomic mass is 10.2. The fourth-order valence-electron chi connectivity index (χ4n) is 2.61. The van der Waals surface area contributed by atoms with E-state index in [9.17, 15) is 19.2 Å². The fraction of sp³-hybridized carbons (Fsp3) is 0.100. The van der Waals surface area contributed by atoms with Gasteiger partial charge in [0.05, 0.1) is 6.54 Å². The molecule has 3 rings (SSSR count). The number of halogens is 1. The first-order chi connectivity index (χ1) is 13.9. The molecule has 0 saturated carbocycles. The average Bonchev–Trinajstić information content (AvgIpc) is 2.72. The van der Waals surface area contributed by atoms with Gasteiger partial charge in [0, 0.05) is 22.8 Å². The minimum atomic E-state index is -0.725. The number of hydrazine groups is 1. The van der Waals surface area contributed by atoms with Gasteiger partial charge in [-0.3, -0.25) is 34.4 Å². The highest BCUT2D eigenvalue weighted by molar-refractivity contribution is 6.30. The number of nitrogens with zero attached hydrogens (tertiary/aromatic N) is 2. The molecule has 0 aliphatic carbocycles. The van der Waals surface area contributed by atoms with Gasteiger partial charge in [0.1, 0.15) is 6.54 Å². The van der Waals surface area contributed by atoms with Crippen molar-refractivity contribution in [2.45, 2.75) is 13.1 Å². The molecule has 0 saturated heterocycles. The number of benzene rings is 2. The van der Waals surface area contributed by atoms with Crippen LogP contribution >= 0.6 is 11.6 Å². The maximum Gasteiger partial charge on any atom is 0.331 e. The third kappa shape index (κ3) is 5.20. The Bertz CT molecular complexity index is 1150. The molecule has 0 radical (unpaired) electrons. The number of hydrogen-bond donors (Lipinski definition) is 2. The second-order valence-electron chi connectivity index (χ2n) is 6.15. The Kier molecular flexibility index (Phi) is 6.25. The lowest BCUT2D eigenvalue weighted by Crippen LogP contribution is -2.47. The number of carbonyl (C=O) groups excluding carboxylic acids is 2. The van der Waals surface area contributed by atoms with Crippen LogP contribution in [0.3, 0.4) is 0 Å². The van der Waals surface area contributed by atoms with Gasteiger partial charge in [-0.05, 0) is 23.8 Å². The van der Waals surface area contributed by atoms with E-state index in [1.807, 2.05) is 30.3 Å². The molecule has 0 unspecified atom stereocenters. The molecular formula is C20H17ClN4O4. The Morgan fingerprint density at radius 1 is 0.931 bits per heavy atom. The van der Waals surface area contributed by atoms with Crippen LogP contribution in [0.5, 0.6) is 0 Å². The maximum absolute atomic E-state index is 12.6. The molecule has 9 heteroatoms.